The van der Waals surface area contributed by atoms with Gasteiger partial charge in [-0.25, -0.2) is 4.79 Å². The molecule has 3 heterocycles. The van der Waals surface area contributed by atoms with E-state index in [0.717, 1.165) is 28.3 Å². The molecule has 0 saturated carbocycles. The van der Waals surface area contributed by atoms with E-state index >= 15 is 0 Å². The van der Waals surface area contributed by atoms with Gasteiger partial charge in [0, 0.05) is 31.4 Å². The minimum Gasteiger partial charge on any atom is -0.508 e. The largest absolute Gasteiger partial charge is 0.508 e. The Morgan fingerprint density at radius 1 is 1.22 bits per heavy atom. The average Bonchev–Trinajstić information content (AvgIpc) is 3.32. The maximum atomic E-state index is 12.8. The topological polar surface area (TPSA) is 87.6 Å². The Labute approximate surface area is 156 Å². The lowest BCUT2D eigenvalue weighted by Crippen LogP contribution is -2.31. The van der Waals surface area contributed by atoms with Crippen LogP contribution in [-0.2, 0) is 13.1 Å². The number of hydrogen-bond donors (Lipinski definition) is 1. The fourth-order valence-corrected chi connectivity index (χ4v) is 3.31. The monoisotopic (exact) mass is 367 g/mol. The first kappa shape index (κ1) is 17.1. The molecule has 140 valence electrons. The molecule has 0 unspecified atom stereocenters. The molecule has 0 aliphatic carbocycles. The van der Waals surface area contributed by atoms with Crippen molar-refractivity contribution in [2.45, 2.75) is 26.9 Å². The molecule has 0 atom stereocenters. The molecule has 0 bridgehead atoms. The molecular weight excluding hydrogens is 346 g/mol. The van der Waals surface area contributed by atoms with Gasteiger partial charge in [0.15, 0.2) is 0 Å². The van der Waals surface area contributed by atoms with Gasteiger partial charge in [-0.05, 0) is 31.5 Å². The second-order valence-electron chi connectivity index (χ2n) is 6.72. The van der Waals surface area contributed by atoms with Gasteiger partial charge in [0.2, 0.25) is 0 Å². The summed E-state index contributed by atoms with van der Waals surface area (Å²) < 4.78 is 6.97. The Hall–Kier alpha value is -3.29. The van der Waals surface area contributed by atoms with E-state index in [1.807, 2.05) is 26.1 Å². The number of aromatic nitrogens is 3. The van der Waals surface area contributed by atoms with Gasteiger partial charge < -0.3 is 14.5 Å². The van der Waals surface area contributed by atoms with E-state index in [2.05, 4.69) is 10.3 Å². The summed E-state index contributed by atoms with van der Waals surface area (Å²) in [6.45, 7) is 6.04. The second kappa shape index (κ2) is 6.79. The van der Waals surface area contributed by atoms with Crippen LogP contribution in [0.5, 0.6) is 5.75 Å². The summed E-state index contributed by atoms with van der Waals surface area (Å²) in [6, 6.07) is 6.92. The first-order valence-corrected chi connectivity index (χ1v) is 8.80. The van der Waals surface area contributed by atoms with Gasteiger partial charge >= 0.3 is 6.03 Å². The highest BCUT2D eigenvalue weighted by molar-refractivity contribution is 5.93. The zero-order chi connectivity index (χ0) is 19.0. The normalized spacial score (nSPS) is 14.4. The van der Waals surface area contributed by atoms with Gasteiger partial charge in [0.1, 0.15) is 11.5 Å². The number of benzene rings is 1. The van der Waals surface area contributed by atoms with Crippen LogP contribution in [0.4, 0.5) is 10.5 Å². The molecule has 0 spiro atoms. The van der Waals surface area contributed by atoms with E-state index in [1.165, 1.54) is 0 Å². The van der Waals surface area contributed by atoms with Crippen molar-refractivity contribution in [3.63, 3.8) is 0 Å². The van der Waals surface area contributed by atoms with Gasteiger partial charge in [0.25, 0.3) is 0 Å². The molecule has 2 amide bonds. The van der Waals surface area contributed by atoms with Gasteiger partial charge in [-0.1, -0.05) is 17.3 Å². The van der Waals surface area contributed by atoms with Gasteiger partial charge in [-0.15, -0.1) is 0 Å². The molecule has 1 saturated heterocycles. The van der Waals surface area contributed by atoms with Crippen molar-refractivity contribution < 1.29 is 14.4 Å². The molecule has 1 N–H and O–H groups in total. The van der Waals surface area contributed by atoms with Crippen LogP contribution >= 0.6 is 0 Å². The Morgan fingerprint density at radius 2 is 2.07 bits per heavy atom. The van der Waals surface area contributed by atoms with Gasteiger partial charge in [-0.3, -0.25) is 9.58 Å². The number of anilines is 1. The number of hydrogen-bond acceptors (Lipinski definition) is 5. The number of carbonyl (C=O) groups is 1. The lowest BCUT2D eigenvalue weighted by molar-refractivity contribution is 0.218. The summed E-state index contributed by atoms with van der Waals surface area (Å²) in [5, 5.41) is 17.9. The Bertz CT molecular complexity index is 958. The molecule has 3 aromatic rings. The number of aryl methyl sites for hydroxylation is 2. The van der Waals surface area contributed by atoms with Crippen LogP contribution in [0.25, 0.3) is 0 Å². The van der Waals surface area contributed by atoms with Crippen molar-refractivity contribution in [3.8, 4) is 5.75 Å². The van der Waals surface area contributed by atoms with Crippen LogP contribution in [0.1, 0.15) is 22.6 Å². The summed E-state index contributed by atoms with van der Waals surface area (Å²) >= 11 is 0. The maximum Gasteiger partial charge on any atom is 0.325 e. The zero-order valence-corrected chi connectivity index (χ0v) is 15.3. The Kier molecular flexibility index (Phi) is 4.31. The van der Waals surface area contributed by atoms with E-state index in [1.54, 1.807) is 38.9 Å². The highest BCUT2D eigenvalue weighted by atomic mass is 16.5. The SMILES string of the molecule is Cc1noc(C)c1Cn1cc(N2CCN(Cc3cccc(O)c3)C2=O)cn1. The van der Waals surface area contributed by atoms with Crippen molar-refractivity contribution in [1.82, 2.24) is 19.8 Å². The number of carbonyl (C=O) groups excluding carboxylic acids is 1. The molecule has 1 fully saturated rings. The number of rotatable bonds is 5. The molecule has 27 heavy (non-hydrogen) atoms. The lowest BCUT2D eigenvalue weighted by atomic mass is 10.2. The van der Waals surface area contributed by atoms with Crippen molar-refractivity contribution in [3.05, 3.63) is 59.2 Å². The first-order chi connectivity index (χ1) is 13.0. The van der Waals surface area contributed by atoms with E-state index in [4.69, 9.17) is 4.52 Å². The zero-order valence-electron chi connectivity index (χ0n) is 15.3. The highest BCUT2D eigenvalue weighted by Gasteiger charge is 2.30. The van der Waals surface area contributed by atoms with Gasteiger partial charge in [-0.2, -0.15) is 5.10 Å². The first-order valence-electron chi connectivity index (χ1n) is 8.80. The number of amides is 2. The Morgan fingerprint density at radius 3 is 2.81 bits per heavy atom. The molecule has 2 aromatic heterocycles. The van der Waals surface area contributed by atoms with Crippen molar-refractivity contribution >= 4 is 11.7 Å². The molecule has 1 aromatic carbocycles. The third-order valence-electron chi connectivity index (χ3n) is 4.81. The number of urea groups is 1. The summed E-state index contributed by atoms with van der Waals surface area (Å²) in [5.74, 6) is 0.982. The summed E-state index contributed by atoms with van der Waals surface area (Å²) in [6.07, 6.45) is 3.57. The molecular formula is C19H21N5O3. The van der Waals surface area contributed by atoms with Crippen LogP contribution in [0.2, 0.25) is 0 Å². The lowest BCUT2D eigenvalue weighted by Gasteiger charge is -2.17. The number of nitrogens with zero attached hydrogens (tertiary/aromatic N) is 5. The van der Waals surface area contributed by atoms with Crippen molar-refractivity contribution in [1.29, 1.82) is 0 Å². The van der Waals surface area contributed by atoms with Crippen LogP contribution in [-0.4, -0.2) is 44.1 Å². The van der Waals surface area contributed by atoms with Crippen molar-refractivity contribution in [2.75, 3.05) is 18.0 Å². The maximum absolute atomic E-state index is 12.8. The van der Waals surface area contributed by atoms with Crippen LogP contribution in [0.3, 0.4) is 0 Å². The standard InChI is InChI=1S/C19H21N5O3/c1-13-18(14(2)27-21-13)12-23-11-16(9-20-23)24-7-6-22(19(24)26)10-15-4-3-5-17(25)8-15/h3-5,8-9,11,25H,6-7,10,12H2,1-2H3. The number of aromatic hydroxyl groups is 1. The molecule has 1 aliphatic heterocycles. The fraction of sp³-hybridized carbons (Fsp3) is 0.316. The van der Waals surface area contributed by atoms with E-state index in [9.17, 15) is 9.90 Å². The minimum absolute atomic E-state index is 0.0600. The summed E-state index contributed by atoms with van der Waals surface area (Å²) in [4.78, 5) is 16.2. The predicted molar refractivity (Wildman–Crippen MR) is 98.6 cm³/mol. The van der Waals surface area contributed by atoms with Crippen LogP contribution in [0, 0.1) is 13.8 Å². The smallest absolute Gasteiger partial charge is 0.325 e. The van der Waals surface area contributed by atoms with Crippen LogP contribution in [0.15, 0.2) is 41.2 Å². The quantitative estimate of drug-likeness (QED) is 0.749. The van der Waals surface area contributed by atoms with Gasteiger partial charge in [0.05, 0.1) is 24.1 Å². The predicted octanol–water partition coefficient (Wildman–Crippen LogP) is 2.68. The van der Waals surface area contributed by atoms with Crippen molar-refractivity contribution in [2.24, 2.45) is 0 Å². The summed E-state index contributed by atoms with van der Waals surface area (Å²) in [7, 11) is 0. The molecule has 4 rings (SSSR count). The molecule has 8 nitrogen and oxygen atoms in total. The van der Waals surface area contributed by atoms with Crippen LogP contribution < -0.4 is 4.90 Å². The van der Waals surface area contributed by atoms with E-state index in [-0.39, 0.29) is 11.8 Å². The minimum atomic E-state index is -0.0600. The summed E-state index contributed by atoms with van der Waals surface area (Å²) in [5.41, 5.74) is 3.52. The second-order valence-corrected chi connectivity index (χ2v) is 6.72. The van der Waals surface area contributed by atoms with E-state index < -0.39 is 0 Å². The fourth-order valence-electron chi connectivity index (χ4n) is 3.31. The molecule has 0 radical (unpaired) electrons. The third kappa shape index (κ3) is 3.38. The third-order valence-corrected chi connectivity index (χ3v) is 4.81. The highest BCUT2D eigenvalue weighted by Crippen LogP contribution is 2.23. The number of phenolic OH excluding ortho intramolecular Hbond substituents is 1. The molecule has 1 aliphatic rings. The Balaban J connectivity index is 1.45. The van der Waals surface area contributed by atoms with E-state index in [0.29, 0.717) is 26.2 Å². The average molecular weight is 367 g/mol. The molecule has 8 heteroatoms. The number of phenols is 1.